The zero-order chi connectivity index (χ0) is 15.7. The number of sulfonamides is 1. The lowest BCUT2D eigenvalue weighted by Gasteiger charge is -2.42. The fourth-order valence-corrected chi connectivity index (χ4v) is 4.10. The van der Waals surface area contributed by atoms with Crippen molar-refractivity contribution in [3.8, 4) is 0 Å². The highest BCUT2D eigenvalue weighted by Gasteiger charge is 2.39. The quantitative estimate of drug-likeness (QED) is 0.905. The maximum Gasteiger partial charge on any atom is 0.262 e. The first-order valence-corrected chi connectivity index (χ1v) is 8.56. The second-order valence-corrected chi connectivity index (χ2v) is 8.60. The Balaban J connectivity index is 2.30. The molecule has 0 saturated carbocycles. The van der Waals surface area contributed by atoms with Crippen molar-refractivity contribution in [3.05, 3.63) is 18.6 Å². The first kappa shape index (κ1) is 16.3. The zero-order valence-electron chi connectivity index (χ0n) is 12.7. The molecule has 6 nitrogen and oxygen atoms in total. The molecule has 2 rings (SSSR count). The van der Waals surface area contributed by atoms with Crippen LogP contribution in [0.4, 0.5) is 0 Å². The van der Waals surface area contributed by atoms with Crippen molar-refractivity contribution in [3.63, 3.8) is 0 Å². The van der Waals surface area contributed by atoms with Crippen LogP contribution in [0.5, 0.6) is 0 Å². The lowest BCUT2D eigenvalue weighted by Crippen LogP contribution is -2.48. The molecule has 21 heavy (non-hydrogen) atoms. The van der Waals surface area contributed by atoms with Crippen molar-refractivity contribution in [1.82, 2.24) is 14.3 Å². The van der Waals surface area contributed by atoms with E-state index in [2.05, 4.69) is 30.7 Å². The third-order valence-electron chi connectivity index (χ3n) is 4.13. The SMILES string of the molecule is CC(C)(C)[C@@H]1C[C@H](CO)CN(S(=O)(=O)c2cnccn2)C1. The largest absolute Gasteiger partial charge is 0.396 e. The summed E-state index contributed by atoms with van der Waals surface area (Å²) in [4.78, 5) is 7.74. The second kappa shape index (κ2) is 5.98. The highest BCUT2D eigenvalue weighted by molar-refractivity contribution is 7.89. The van der Waals surface area contributed by atoms with Gasteiger partial charge in [0.25, 0.3) is 10.0 Å². The Bertz CT molecular complexity index is 569. The van der Waals surface area contributed by atoms with Gasteiger partial charge in [-0.3, -0.25) is 4.98 Å². The smallest absolute Gasteiger partial charge is 0.262 e. The Morgan fingerprint density at radius 2 is 2.05 bits per heavy atom. The molecule has 1 aliphatic rings. The van der Waals surface area contributed by atoms with Gasteiger partial charge in [0.1, 0.15) is 0 Å². The van der Waals surface area contributed by atoms with Gasteiger partial charge < -0.3 is 5.11 Å². The molecule has 1 aromatic rings. The first-order chi connectivity index (χ1) is 9.75. The van der Waals surface area contributed by atoms with Gasteiger partial charge in [-0.05, 0) is 23.7 Å². The minimum atomic E-state index is -3.65. The van der Waals surface area contributed by atoms with Crippen LogP contribution in [0.3, 0.4) is 0 Å². The van der Waals surface area contributed by atoms with Gasteiger partial charge in [-0.25, -0.2) is 13.4 Å². The highest BCUT2D eigenvalue weighted by atomic mass is 32.2. The summed E-state index contributed by atoms with van der Waals surface area (Å²) in [6.45, 7) is 7.10. The topological polar surface area (TPSA) is 83.4 Å². The van der Waals surface area contributed by atoms with Gasteiger partial charge in [-0.15, -0.1) is 0 Å². The number of aliphatic hydroxyl groups excluding tert-OH is 1. The van der Waals surface area contributed by atoms with Crippen LogP contribution in [0.25, 0.3) is 0 Å². The summed E-state index contributed by atoms with van der Waals surface area (Å²) < 4.78 is 26.8. The summed E-state index contributed by atoms with van der Waals surface area (Å²) in [6, 6.07) is 0. The summed E-state index contributed by atoms with van der Waals surface area (Å²) in [6.07, 6.45) is 4.93. The Morgan fingerprint density at radius 1 is 1.33 bits per heavy atom. The molecule has 1 fully saturated rings. The minimum absolute atomic E-state index is 0.000924. The molecule has 118 valence electrons. The van der Waals surface area contributed by atoms with Gasteiger partial charge in [0.15, 0.2) is 5.03 Å². The van der Waals surface area contributed by atoms with Crippen LogP contribution in [0.1, 0.15) is 27.2 Å². The number of rotatable bonds is 3. The normalized spacial score (nSPS) is 25.0. The van der Waals surface area contributed by atoms with Crippen molar-refractivity contribution in [2.45, 2.75) is 32.2 Å². The minimum Gasteiger partial charge on any atom is -0.396 e. The van der Waals surface area contributed by atoms with Crippen LogP contribution in [-0.2, 0) is 10.0 Å². The average molecular weight is 313 g/mol. The average Bonchev–Trinajstić information content (AvgIpc) is 2.46. The first-order valence-electron chi connectivity index (χ1n) is 7.12. The van der Waals surface area contributed by atoms with E-state index in [0.717, 1.165) is 6.42 Å². The van der Waals surface area contributed by atoms with Gasteiger partial charge in [0, 0.05) is 32.1 Å². The standard InChI is InChI=1S/C14H23N3O3S/c1-14(2,3)12-6-11(10-18)8-17(9-12)21(19,20)13-7-15-4-5-16-13/h4-5,7,11-12,18H,6,8-10H2,1-3H3/t11-,12+/m0/s1. The Morgan fingerprint density at radius 3 is 2.57 bits per heavy atom. The lowest BCUT2D eigenvalue weighted by atomic mass is 9.74. The van der Waals surface area contributed by atoms with Crippen molar-refractivity contribution in [2.24, 2.45) is 17.3 Å². The zero-order valence-corrected chi connectivity index (χ0v) is 13.5. The van der Waals surface area contributed by atoms with Gasteiger partial charge in [0.2, 0.25) is 0 Å². The number of nitrogens with zero attached hydrogens (tertiary/aromatic N) is 3. The summed E-state index contributed by atoms with van der Waals surface area (Å²) in [5, 5.41) is 9.45. The van der Waals surface area contributed by atoms with Crippen molar-refractivity contribution >= 4 is 10.0 Å². The molecule has 1 aliphatic heterocycles. The highest BCUT2D eigenvalue weighted by Crippen LogP contribution is 2.36. The van der Waals surface area contributed by atoms with Gasteiger partial charge in [-0.1, -0.05) is 20.8 Å². The van der Waals surface area contributed by atoms with Crippen LogP contribution < -0.4 is 0 Å². The molecule has 7 heteroatoms. The number of aliphatic hydroxyl groups is 1. The predicted molar refractivity (Wildman–Crippen MR) is 78.9 cm³/mol. The number of aromatic nitrogens is 2. The number of piperidine rings is 1. The fourth-order valence-electron chi connectivity index (χ4n) is 2.67. The van der Waals surface area contributed by atoms with E-state index in [-0.39, 0.29) is 28.9 Å². The molecule has 0 bridgehead atoms. The van der Waals surface area contributed by atoms with Crippen LogP contribution in [0.15, 0.2) is 23.6 Å². The molecule has 2 atom stereocenters. The summed E-state index contributed by atoms with van der Waals surface area (Å²) >= 11 is 0. The van der Waals surface area contributed by atoms with E-state index in [4.69, 9.17) is 0 Å². The maximum atomic E-state index is 12.7. The summed E-state index contributed by atoms with van der Waals surface area (Å²) in [5.41, 5.74) is -0.00994. The second-order valence-electron chi connectivity index (χ2n) is 6.71. The van der Waals surface area contributed by atoms with E-state index in [1.54, 1.807) is 0 Å². The molecular weight excluding hydrogens is 290 g/mol. The van der Waals surface area contributed by atoms with Crippen molar-refractivity contribution < 1.29 is 13.5 Å². The maximum absolute atomic E-state index is 12.7. The molecule has 0 aromatic carbocycles. The number of hydrogen-bond acceptors (Lipinski definition) is 5. The van der Waals surface area contributed by atoms with E-state index in [1.807, 2.05) is 0 Å². The Kier molecular flexibility index (Phi) is 4.65. The van der Waals surface area contributed by atoms with E-state index in [0.29, 0.717) is 13.1 Å². The van der Waals surface area contributed by atoms with E-state index in [9.17, 15) is 13.5 Å². The summed E-state index contributed by atoms with van der Waals surface area (Å²) in [7, 11) is -3.65. The van der Waals surface area contributed by atoms with Gasteiger partial charge in [-0.2, -0.15) is 4.31 Å². The molecule has 1 saturated heterocycles. The van der Waals surface area contributed by atoms with E-state index in [1.165, 1.54) is 22.9 Å². The van der Waals surface area contributed by atoms with Crippen LogP contribution >= 0.6 is 0 Å². The molecule has 0 spiro atoms. The van der Waals surface area contributed by atoms with Gasteiger partial charge >= 0.3 is 0 Å². The van der Waals surface area contributed by atoms with Crippen molar-refractivity contribution in [2.75, 3.05) is 19.7 Å². The predicted octanol–water partition coefficient (Wildman–Crippen LogP) is 1.14. The van der Waals surface area contributed by atoms with Crippen molar-refractivity contribution in [1.29, 1.82) is 0 Å². The van der Waals surface area contributed by atoms with Crippen LogP contribution in [0.2, 0.25) is 0 Å². The molecule has 0 amide bonds. The molecule has 0 radical (unpaired) electrons. The van der Waals surface area contributed by atoms with E-state index >= 15 is 0 Å². The number of hydrogen-bond donors (Lipinski definition) is 1. The third kappa shape index (κ3) is 3.59. The van der Waals surface area contributed by atoms with Crippen LogP contribution in [-0.4, -0.2) is 47.5 Å². The monoisotopic (exact) mass is 313 g/mol. The molecule has 0 aliphatic carbocycles. The van der Waals surface area contributed by atoms with E-state index < -0.39 is 10.0 Å². The Hall–Kier alpha value is -1.05. The Labute approximate surface area is 126 Å². The summed E-state index contributed by atoms with van der Waals surface area (Å²) in [5.74, 6) is 0.171. The molecule has 1 aromatic heterocycles. The lowest BCUT2D eigenvalue weighted by molar-refractivity contribution is 0.0772. The molecular formula is C14H23N3O3S. The van der Waals surface area contributed by atoms with Crippen LogP contribution in [0, 0.1) is 17.3 Å². The third-order valence-corrected chi connectivity index (χ3v) is 5.85. The van der Waals surface area contributed by atoms with Gasteiger partial charge in [0.05, 0.1) is 6.20 Å². The fraction of sp³-hybridized carbons (Fsp3) is 0.714. The molecule has 0 unspecified atom stereocenters. The molecule has 1 N–H and O–H groups in total. The molecule has 2 heterocycles.